The van der Waals surface area contributed by atoms with Crippen LogP contribution in [0.1, 0.15) is 25.0 Å². The van der Waals surface area contributed by atoms with Gasteiger partial charge in [0.15, 0.2) is 5.15 Å². The summed E-state index contributed by atoms with van der Waals surface area (Å²) in [5.74, 6) is 0. The van der Waals surface area contributed by atoms with Gasteiger partial charge in [0.05, 0.1) is 5.69 Å². The van der Waals surface area contributed by atoms with Crippen LogP contribution in [0.2, 0.25) is 5.15 Å². The normalized spacial score (nSPS) is 20.9. The van der Waals surface area contributed by atoms with E-state index in [1.165, 1.54) is 19.3 Å². The number of hydrogen-bond acceptors (Lipinski definition) is 4. The van der Waals surface area contributed by atoms with Gasteiger partial charge in [0, 0.05) is 19.1 Å². The number of hydrogen-bond donors (Lipinski definition) is 2. The topological polar surface area (TPSA) is 49.8 Å². The maximum Gasteiger partial charge on any atom is 0.151 e. The first-order chi connectivity index (χ1) is 7.84. The lowest BCUT2D eigenvalue weighted by atomic mass is 10.1. The Balaban J connectivity index is 1.69. The molecule has 2 heterocycles. The van der Waals surface area contributed by atoms with Crippen LogP contribution >= 0.6 is 11.6 Å². The van der Waals surface area contributed by atoms with Crippen LogP contribution in [0.25, 0.3) is 0 Å². The summed E-state index contributed by atoms with van der Waals surface area (Å²) < 4.78 is 0. The second kappa shape index (κ2) is 6.13. The summed E-state index contributed by atoms with van der Waals surface area (Å²) in [5, 5.41) is 15.1. The Bertz CT molecular complexity index is 308. The van der Waals surface area contributed by atoms with E-state index in [9.17, 15) is 0 Å². The van der Waals surface area contributed by atoms with E-state index in [2.05, 4.69) is 20.8 Å². The molecular formula is C11H17ClN4. The van der Waals surface area contributed by atoms with Crippen LogP contribution in [0, 0.1) is 0 Å². The molecule has 4 nitrogen and oxygen atoms in total. The molecule has 1 aliphatic rings. The van der Waals surface area contributed by atoms with Crippen LogP contribution in [-0.2, 0) is 6.54 Å². The van der Waals surface area contributed by atoms with E-state index in [1.807, 2.05) is 6.07 Å². The van der Waals surface area contributed by atoms with Crippen LogP contribution in [0.15, 0.2) is 12.1 Å². The fraction of sp³-hybridized carbons (Fsp3) is 0.636. The van der Waals surface area contributed by atoms with Gasteiger partial charge in [0.2, 0.25) is 0 Å². The van der Waals surface area contributed by atoms with Crippen molar-refractivity contribution < 1.29 is 0 Å². The van der Waals surface area contributed by atoms with Crippen LogP contribution < -0.4 is 10.6 Å². The van der Waals surface area contributed by atoms with Crippen molar-refractivity contribution in [1.82, 2.24) is 20.8 Å². The molecule has 1 aromatic rings. The molecule has 0 radical (unpaired) electrons. The van der Waals surface area contributed by atoms with Gasteiger partial charge in [0.1, 0.15) is 0 Å². The predicted octanol–water partition coefficient (Wildman–Crippen LogP) is 1.36. The number of rotatable bonds is 4. The van der Waals surface area contributed by atoms with Gasteiger partial charge in [-0.3, -0.25) is 0 Å². The third-order valence-electron chi connectivity index (χ3n) is 2.80. The zero-order valence-corrected chi connectivity index (χ0v) is 10.0. The highest BCUT2D eigenvalue weighted by Gasteiger charge is 2.11. The summed E-state index contributed by atoms with van der Waals surface area (Å²) in [6, 6.07) is 4.27. The van der Waals surface area contributed by atoms with E-state index in [1.54, 1.807) is 6.07 Å². The van der Waals surface area contributed by atoms with Crippen molar-refractivity contribution in [2.45, 2.75) is 31.8 Å². The molecule has 5 heteroatoms. The monoisotopic (exact) mass is 240 g/mol. The van der Waals surface area contributed by atoms with Crippen molar-refractivity contribution in [2.24, 2.45) is 0 Å². The summed E-state index contributed by atoms with van der Waals surface area (Å²) in [7, 11) is 0. The second-order valence-corrected chi connectivity index (χ2v) is 4.51. The molecule has 1 aromatic heterocycles. The van der Waals surface area contributed by atoms with Crippen molar-refractivity contribution in [2.75, 3.05) is 13.1 Å². The smallest absolute Gasteiger partial charge is 0.151 e. The van der Waals surface area contributed by atoms with Crippen LogP contribution in [-0.4, -0.2) is 29.3 Å². The highest BCUT2D eigenvalue weighted by atomic mass is 35.5. The Morgan fingerprint density at radius 2 is 2.31 bits per heavy atom. The maximum atomic E-state index is 5.66. The molecule has 88 valence electrons. The lowest BCUT2D eigenvalue weighted by molar-refractivity contribution is 0.382. The molecule has 2 rings (SSSR count). The first-order valence-corrected chi connectivity index (χ1v) is 6.14. The highest BCUT2D eigenvalue weighted by molar-refractivity contribution is 6.29. The third kappa shape index (κ3) is 3.70. The molecule has 0 bridgehead atoms. The molecule has 1 saturated heterocycles. The van der Waals surface area contributed by atoms with Crippen LogP contribution in [0.3, 0.4) is 0 Å². The fourth-order valence-electron chi connectivity index (χ4n) is 1.91. The maximum absolute atomic E-state index is 5.66. The molecule has 0 amide bonds. The van der Waals surface area contributed by atoms with Crippen LogP contribution in [0.5, 0.6) is 0 Å². The van der Waals surface area contributed by atoms with Gasteiger partial charge in [-0.25, -0.2) is 0 Å². The summed E-state index contributed by atoms with van der Waals surface area (Å²) in [4.78, 5) is 0. The van der Waals surface area contributed by atoms with E-state index in [-0.39, 0.29) is 0 Å². The zero-order valence-electron chi connectivity index (χ0n) is 9.25. The van der Waals surface area contributed by atoms with E-state index < -0.39 is 0 Å². The molecule has 0 aromatic carbocycles. The summed E-state index contributed by atoms with van der Waals surface area (Å²) >= 11 is 5.66. The number of nitrogens with one attached hydrogen (secondary N) is 2. The Morgan fingerprint density at radius 3 is 3.00 bits per heavy atom. The largest absolute Gasteiger partial charge is 0.313 e. The molecular weight excluding hydrogens is 224 g/mol. The molecule has 1 fully saturated rings. The first-order valence-electron chi connectivity index (χ1n) is 5.77. The van der Waals surface area contributed by atoms with E-state index in [0.717, 1.165) is 25.3 Å². The Kier molecular flexibility index (Phi) is 4.51. The lowest BCUT2D eigenvalue weighted by Gasteiger charge is -2.23. The van der Waals surface area contributed by atoms with Crippen molar-refractivity contribution >= 4 is 11.6 Å². The number of aromatic nitrogens is 2. The predicted molar refractivity (Wildman–Crippen MR) is 64.4 cm³/mol. The average molecular weight is 241 g/mol. The summed E-state index contributed by atoms with van der Waals surface area (Å²) in [5.41, 5.74) is 0.931. The van der Waals surface area contributed by atoms with Gasteiger partial charge in [-0.05, 0) is 31.5 Å². The minimum atomic E-state index is 0.442. The minimum Gasteiger partial charge on any atom is -0.313 e. The SMILES string of the molecule is Clc1ccc(CNC[C@@H]2CCCCN2)nn1. The molecule has 16 heavy (non-hydrogen) atoms. The van der Waals surface area contributed by atoms with Gasteiger partial charge in [0.25, 0.3) is 0 Å². The third-order valence-corrected chi connectivity index (χ3v) is 3.00. The van der Waals surface area contributed by atoms with Gasteiger partial charge >= 0.3 is 0 Å². The van der Waals surface area contributed by atoms with E-state index in [4.69, 9.17) is 11.6 Å². The molecule has 0 aliphatic carbocycles. The molecule has 0 spiro atoms. The highest BCUT2D eigenvalue weighted by Crippen LogP contribution is 2.06. The standard InChI is InChI=1S/C11H17ClN4/c12-11-5-4-10(15-16-11)8-13-7-9-3-1-2-6-14-9/h4-5,9,13-14H,1-3,6-8H2/t9-/m0/s1. The lowest BCUT2D eigenvalue weighted by Crippen LogP contribution is -2.41. The Morgan fingerprint density at radius 1 is 1.38 bits per heavy atom. The van der Waals surface area contributed by atoms with E-state index in [0.29, 0.717) is 11.2 Å². The number of halogens is 1. The zero-order chi connectivity index (χ0) is 11.2. The van der Waals surface area contributed by atoms with Gasteiger partial charge in [-0.2, -0.15) is 5.10 Å². The Labute approximate surface area is 101 Å². The van der Waals surface area contributed by atoms with Gasteiger partial charge in [-0.15, -0.1) is 5.10 Å². The van der Waals surface area contributed by atoms with E-state index >= 15 is 0 Å². The van der Waals surface area contributed by atoms with Gasteiger partial charge in [-0.1, -0.05) is 18.0 Å². The second-order valence-electron chi connectivity index (χ2n) is 4.13. The molecule has 0 saturated carbocycles. The molecule has 2 N–H and O–H groups in total. The number of piperidine rings is 1. The average Bonchev–Trinajstić information content (AvgIpc) is 2.33. The molecule has 0 unspecified atom stereocenters. The van der Waals surface area contributed by atoms with Gasteiger partial charge < -0.3 is 10.6 Å². The Hall–Kier alpha value is -0.710. The number of nitrogens with zero attached hydrogens (tertiary/aromatic N) is 2. The van der Waals surface area contributed by atoms with Crippen LogP contribution in [0.4, 0.5) is 0 Å². The quantitative estimate of drug-likeness (QED) is 0.835. The molecule has 1 atom stereocenters. The minimum absolute atomic E-state index is 0.442. The molecule has 1 aliphatic heterocycles. The fourth-order valence-corrected chi connectivity index (χ4v) is 2.01. The summed E-state index contributed by atoms with van der Waals surface area (Å²) in [6.45, 7) is 2.89. The van der Waals surface area contributed by atoms with Crippen molar-refractivity contribution in [3.8, 4) is 0 Å². The van der Waals surface area contributed by atoms with Crippen molar-refractivity contribution in [1.29, 1.82) is 0 Å². The summed E-state index contributed by atoms with van der Waals surface area (Å²) in [6.07, 6.45) is 3.90. The van der Waals surface area contributed by atoms with Crippen molar-refractivity contribution in [3.05, 3.63) is 23.0 Å². The first kappa shape index (κ1) is 11.8. The van der Waals surface area contributed by atoms with Crippen molar-refractivity contribution in [3.63, 3.8) is 0 Å².